The minimum atomic E-state index is -1.07. The van der Waals surface area contributed by atoms with Crippen molar-refractivity contribution in [1.29, 1.82) is 0 Å². The van der Waals surface area contributed by atoms with Crippen LogP contribution in [0.3, 0.4) is 0 Å². The summed E-state index contributed by atoms with van der Waals surface area (Å²) < 4.78 is 18.3. The summed E-state index contributed by atoms with van der Waals surface area (Å²) >= 11 is 0. The number of aromatic carboxylic acids is 1. The Balaban J connectivity index is 2.63. The van der Waals surface area contributed by atoms with Gasteiger partial charge in [-0.1, -0.05) is 12.1 Å². The van der Waals surface area contributed by atoms with E-state index in [1.165, 1.54) is 25.3 Å². The Morgan fingerprint density at radius 3 is 2.53 bits per heavy atom. The SMILES string of the molecule is COc1c(C)cc(-c2cccc(F)c2)cc1C(=O)O. The van der Waals surface area contributed by atoms with Crippen LogP contribution < -0.4 is 4.74 Å². The predicted octanol–water partition coefficient (Wildman–Crippen LogP) is 3.51. The van der Waals surface area contributed by atoms with E-state index in [1.807, 2.05) is 0 Å². The average molecular weight is 260 g/mol. The minimum absolute atomic E-state index is 0.0711. The van der Waals surface area contributed by atoms with Gasteiger partial charge in [0.1, 0.15) is 17.1 Å². The number of ether oxygens (including phenoxy) is 1. The maximum atomic E-state index is 13.2. The van der Waals surface area contributed by atoms with Gasteiger partial charge in [-0.25, -0.2) is 9.18 Å². The third-order valence-corrected chi connectivity index (χ3v) is 2.87. The highest BCUT2D eigenvalue weighted by molar-refractivity contribution is 5.93. The maximum Gasteiger partial charge on any atom is 0.339 e. The summed E-state index contributed by atoms with van der Waals surface area (Å²) in [5.41, 5.74) is 2.05. The van der Waals surface area contributed by atoms with E-state index < -0.39 is 5.97 Å². The summed E-state index contributed by atoms with van der Waals surface area (Å²) in [6.45, 7) is 1.76. The zero-order chi connectivity index (χ0) is 14.0. The van der Waals surface area contributed by atoms with Crippen molar-refractivity contribution >= 4 is 5.97 Å². The number of carboxylic acid groups (broad SMARTS) is 1. The molecule has 0 atom stereocenters. The molecule has 0 aliphatic heterocycles. The first-order valence-electron chi connectivity index (χ1n) is 5.71. The molecule has 0 radical (unpaired) electrons. The molecule has 2 aromatic carbocycles. The topological polar surface area (TPSA) is 46.5 Å². The Morgan fingerprint density at radius 2 is 1.95 bits per heavy atom. The van der Waals surface area contributed by atoms with Gasteiger partial charge >= 0.3 is 5.97 Å². The lowest BCUT2D eigenvalue weighted by atomic mass is 9.99. The van der Waals surface area contributed by atoms with Crippen molar-refractivity contribution in [2.45, 2.75) is 6.92 Å². The Kier molecular flexibility index (Phi) is 3.51. The first-order chi connectivity index (χ1) is 9.02. The van der Waals surface area contributed by atoms with E-state index in [9.17, 15) is 14.3 Å². The monoisotopic (exact) mass is 260 g/mol. The van der Waals surface area contributed by atoms with Crippen LogP contribution in [0.15, 0.2) is 36.4 Å². The second-order valence-electron chi connectivity index (χ2n) is 4.19. The third kappa shape index (κ3) is 2.57. The van der Waals surface area contributed by atoms with E-state index >= 15 is 0 Å². The van der Waals surface area contributed by atoms with Gasteiger partial charge < -0.3 is 9.84 Å². The molecule has 0 fully saturated rings. The largest absolute Gasteiger partial charge is 0.496 e. The van der Waals surface area contributed by atoms with Gasteiger partial charge in [0.05, 0.1) is 7.11 Å². The lowest BCUT2D eigenvalue weighted by Crippen LogP contribution is -2.02. The van der Waals surface area contributed by atoms with Crippen LogP contribution in [0.5, 0.6) is 5.75 Å². The van der Waals surface area contributed by atoms with Crippen molar-refractivity contribution in [2.75, 3.05) is 7.11 Å². The summed E-state index contributed by atoms with van der Waals surface area (Å²) in [6.07, 6.45) is 0. The van der Waals surface area contributed by atoms with Gasteiger partial charge in [0, 0.05) is 0 Å². The van der Waals surface area contributed by atoms with E-state index in [4.69, 9.17) is 4.74 Å². The molecular formula is C15H13FO3. The molecule has 0 amide bonds. The van der Waals surface area contributed by atoms with E-state index in [-0.39, 0.29) is 11.4 Å². The van der Waals surface area contributed by atoms with Gasteiger partial charge in [0.25, 0.3) is 0 Å². The Labute approximate surface area is 110 Å². The van der Waals surface area contributed by atoms with Gasteiger partial charge in [0.2, 0.25) is 0 Å². The first-order valence-corrected chi connectivity index (χ1v) is 5.71. The minimum Gasteiger partial charge on any atom is -0.496 e. The van der Waals surface area contributed by atoms with Crippen LogP contribution in [0, 0.1) is 12.7 Å². The Bertz CT molecular complexity index is 635. The second-order valence-corrected chi connectivity index (χ2v) is 4.19. The lowest BCUT2D eigenvalue weighted by molar-refractivity contribution is 0.0693. The quantitative estimate of drug-likeness (QED) is 0.918. The van der Waals surface area contributed by atoms with Crippen molar-refractivity contribution in [3.8, 4) is 16.9 Å². The van der Waals surface area contributed by atoms with Crippen LogP contribution in [0.25, 0.3) is 11.1 Å². The van der Waals surface area contributed by atoms with Gasteiger partial charge in [-0.05, 0) is 47.9 Å². The third-order valence-electron chi connectivity index (χ3n) is 2.87. The average Bonchev–Trinajstić information content (AvgIpc) is 2.37. The molecule has 0 unspecified atom stereocenters. The Hall–Kier alpha value is -2.36. The number of hydrogen-bond donors (Lipinski definition) is 1. The molecule has 0 aromatic heterocycles. The van der Waals surface area contributed by atoms with Crippen molar-refractivity contribution in [1.82, 2.24) is 0 Å². The number of carbonyl (C=O) groups is 1. The number of carboxylic acids is 1. The van der Waals surface area contributed by atoms with Crippen molar-refractivity contribution in [3.63, 3.8) is 0 Å². The molecular weight excluding hydrogens is 247 g/mol. The summed E-state index contributed by atoms with van der Waals surface area (Å²) in [6, 6.07) is 9.30. The van der Waals surface area contributed by atoms with Crippen molar-refractivity contribution < 1.29 is 19.0 Å². The van der Waals surface area contributed by atoms with E-state index in [1.54, 1.807) is 25.1 Å². The zero-order valence-corrected chi connectivity index (χ0v) is 10.6. The van der Waals surface area contributed by atoms with Crippen LogP contribution >= 0.6 is 0 Å². The molecule has 0 spiro atoms. The molecule has 2 rings (SSSR count). The van der Waals surface area contributed by atoms with Gasteiger partial charge in [-0.2, -0.15) is 0 Å². The van der Waals surface area contributed by atoms with Crippen molar-refractivity contribution in [3.05, 3.63) is 53.3 Å². The number of rotatable bonds is 3. The first kappa shape index (κ1) is 13.1. The molecule has 4 heteroatoms. The molecule has 0 bridgehead atoms. The second kappa shape index (κ2) is 5.10. The normalized spacial score (nSPS) is 10.3. The van der Waals surface area contributed by atoms with Gasteiger partial charge in [-0.15, -0.1) is 0 Å². The molecule has 2 aromatic rings. The fourth-order valence-corrected chi connectivity index (χ4v) is 2.04. The summed E-state index contributed by atoms with van der Waals surface area (Å²) in [4.78, 5) is 11.2. The zero-order valence-electron chi connectivity index (χ0n) is 10.6. The highest BCUT2D eigenvalue weighted by atomic mass is 19.1. The van der Waals surface area contributed by atoms with Crippen LogP contribution in [-0.2, 0) is 0 Å². The van der Waals surface area contributed by atoms with E-state index in [2.05, 4.69) is 0 Å². The summed E-state index contributed by atoms with van der Waals surface area (Å²) in [5.74, 6) is -1.10. The van der Waals surface area contributed by atoms with Crippen LogP contribution in [0.1, 0.15) is 15.9 Å². The van der Waals surface area contributed by atoms with Crippen molar-refractivity contribution in [2.24, 2.45) is 0 Å². The van der Waals surface area contributed by atoms with E-state index in [0.717, 1.165) is 0 Å². The van der Waals surface area contributed by atoms with Gasteiger partial charge in [-0.3, -0.25) is 0 Å². The summed E-state index contributed by atoms with van der Waals surface area (Å²) in [7, 11) is 1.43. The van der Waals surface area contributed by atoms with E-state index in [0.29, 0.717) is 22.4 Å². The predicted molar refractivity (Wildman–Crippen MR) is 70.1 cm³/mol. The molecule has 0 saturated heterocycles. The summed E-state index contributed by atoms with van der Waals surface area (Å²) in [5, 5.41) is 9.19. The molecule has 98 valence electrons. The number of aryl methyl sites for hydroxylation is 1. The molecule has 1 N–H and O–H groups in total. The fraction of sp³-hybridized carbons (Fsp3) is 0.133. The number of halogens is 1. The molecule has 0 aliphatic carbocycles. The highest BCUT2D eigenvalue weighted by Gasteiger charge is 2.15. The molecule has 19 heavy (non-hydrogen) atoms. The Morgan fingerprint density at radius 1 is 1.21 bits per heavy atom. The number of benzene rings is 2. The standard InChI is InChI=1S/C15H13FO3/c1-9-6-11(10-4-3-5-12(16)7-10)8-13(15(17)18)14(9)19-2/h3-8H,1-2H3,(H,17,18). The molecule has 0 aliphatic rings. The number of methoxy groups -OCH3 is 1. The van der Waals surface area contributed by atoms with Gasteiger partial charge in [0.15, 0.2) is 0 Å². The molecule has 0 saturated carbocycles. The molecule has 0 heterocycles. The fourth-order valence-electron chi connectivity index (χ4n) is 2.04. The van der Waals surface area contributed by atoms with Crippen LogP contribution in [0.4, 0.5) is 4.39 Å². The van der Waals surface area contributed by atoms with Crippen LogP contribution in [0.2, 0.25) is 0 Å². The van der Waals surface area contributed by atoms with Crippen LogP contribution in [-0.4, -0.2) is 18.2 Å². The molecule has 3 nitrogen and oxygen atoms in total. The lowest BCUT2D eigenvalue weighted by Gasteiger charge is -2.11. The number of hydrogen-bond acceptors (Lipinski definition) is 2. The smallest absolute Gasteiger partial charge is 0.339 e. The maximum absolute atomic E-state index is 13.2. The highest BCUT2D eigenvalue weighted by Crippen LogP contribution is 2.30.